The normalized spacial score (nSPS) is 11.9. The molecule has 0 atom stereocenters. The second-order valence-corrected chi connectivity index (χ2v) is 11.2. The minimum Gasteiger partial charge on any atom is -0.143 e. The molecule has 0 radical (unpaired) electrons. The summed E-state index contributed by atoms with van der Waals surface area (Å²) in [4.78, 5) is 1.14. The van der Waals surface area contributed by atoms with E-state index in [0.717, 1.165) is 4.90 Å². The molecular weight excluding hydrogens is 204 g/mol. The predicted molar refractivity (Wildman–Crippen MR) is 70.2 cm³/mol. The highest BCUT2D eigenvalue weighted by Gasteiger charge is 2.14. The molecule has 0 aliphatic rings. The molecule has 0 N–H and O–H groups in total. The van der Waals surface area contributed by atoms with Crippen molar-refractivity contribution < 1.29 is 0 Å². The Morgan fingerprint density at radius 2 is 1.50 bits per heavy atom. The zero-order valence-electron chi connectivity index (χ0n) is 9.81. The van der Waals surface area contributed by atoms with Gasteiger partial charge in [0.05, 0.1) is 0 Å². The lowest BCUT2D eigenvalue weighted by Crippen LogP contribution is -2.23. The van der Waals surface area contributed by atoms with Gasteiger partial charge >= 0.3 is 0 Å². The third-order valence-electron chi connectivity index (χ3n) is 2.29. The van der Waals surface area contributed by atoms with E-state index in [9.17, 15) is 0 Å². The maximum atomic E-state index is 4.48. The highest BCUT2D eigenvalue weighted by molar-refractivity contribution is 7.80. The van der Waals surface area contributed by atoms with Gasteiger partial charge in [-0.2, -0.15) is 0 Å². The van der Waals surface area contributed by atoms with Gasteiger partial charge in [0, 0.05) is 13.0 Å². The Labute approximate surface area is 94.2 Å². The lowest BCUT2D eigenvalue weighted by atomic mass is 10.1. The number of hydrogen-bond donors (Lipinski definition) is 1. The van der Waals surface area contributed by atoms with Gasteiger partial charge in [0.25, 0.3) is 0 Å². The van der Waals surface area contributed by atoms with Gasteiger partial charge in [0.1, 0.15) is 0 Å². The summed E-state index contributed by atoms with van der Waals surface area (Å²) in [5.74, 6) is 0. The van der Waals surface area contributed by atoms with Crippen molar-refractivity contribution in [3.63, 3.8) is 0 Å². The molecule has 0 fully saturated rings. The first-order chi connectivity index (χ1) is 6.29. The SMILES string of the molecule is Cc1cc(C[Si](C)(C)C)cc(C)c1S. The van der Waals surface area contributed by atoms with Crippen molar-refractivity contribution in [2.45, 2.75) is 44.4 Å². The van der Waals surface area contributed by atoms with Crippen LogP contribution in [0.4, 0.5) is 0 Å². The Kier molecular flexibility index (Phi) is 3.48. The molecule has 0 spiro atoms. The molecule has 0 unspecified atom stereocenters. The average Bonchev–Trinajstić information content (AvgIpc) is 1.96. The summed E-state index contributed by atoms with van der Waals surface area (Å²) in [6.07, 6.45) is 0. The molecule has 0 aliphatic carbocycles. The van der Waals surface area contributed by atoms with Crippen LogP contribution < -0.4 is 0 Å². The topological polar surface area (TPSA) is 0 Å². The van der Waals surface area contributed by atoms with Crippen molar-refractivity contribution >= 4 is 20.7 Å². The van der Waals surface area contributed by atoms with E-state index in [-0.39, 0.29) is 0 Å². The van der Waals surface area contributed by atoms with Gasteiger partial charge in [-0.3, -0.25) is 0 Å². The van der Waals surface area contributed by atoms with Gasteiger partial charge in [-0.15, -0.1) is 12.6 Å². The molecule has 0 aliphatic heterocycles. The van der Waals surface area contributed by atoms with Crippen molar-refractivity contribution in [1.29, 1.82) is 0 Å². The molecule has 0 saturated heterocycles. The summed E-state index contributed by atoms with van der Waals surface area (Å²) in [5, 5.41) is 0. The molecule has 1 rings (SSSR count). The molecule has 1 aromatic carbocycles. The molecule has 0 nitrogen and oxygen atoms in total. The van der Waals surface area contributed by atoms with Crippen molar-refractivity contribution in [3.05, 3.63) is 28.8 Å². The van der Waals surface area contributed by atoms with E-state index in [0.29, 0.717) is 0 Å². The largest absolute Gasteiger partial charge is 0.143 e. The second kappa shape index (κ2) is 4.11. The summed E-state index contributed by atoms with van der Waals surface area (Å²) < 4.78 is 0. The van der Waals surface area contributed by atoms with Crippen LogP contribution in [0.1, 0.15) is 16.7 Å². The van der Waals surface area contributed by atoms with E-state index in [1.54, 1.807) is 0 Å². The minimum absolute atomic E-state index is 0.986. The van der Waals surface area contributed by atoms with Gasteiger partial charge < -0.3 is 0 Å². The van der Waals surface area contributed by atoms with E-state index < -0.39 is 8.07 Å². The van der Waals surface area contributed by atoms with Crippen molar-refractivity contribution in [3.8, 4) is 0 Å². The second-order valence-electron chi connectivity index (χ2n) is 5.32. The Hall–Kier alpha value is -0.213. The standard InChI is InChI=1S/C12H20SSi/c1-9-6-11(8-14(3,4)5)7-10(2)12(9)13/h6-7,13H,8H2,1-5H3. The molecule has 2 heteroatoms. The van der Waals surface area contributed by atoms with E-state index >= 15 is 0 Å². The highest BCUT2D eigenvalue weighted by atomic mass is 32.1. The molecule has 0 amide bonds. The third-order valence-corrected chi connectivity index (χ3v) is 4.46. The first kappa shape index (κ1) is 11.9. The van der Waals surface area contributed by atoms with Gasteiger partial charge in [0.15, 0.2) is 0 Å². The minimum atomic E-state index is -0.986. The molecule has 0 bridgehead atoms. The zero-order valence-corrected chi connectivity index (χ0v) is 11.7. The fourth-order valence-electron chi connectivity index (χ4n) is 1.76. The monoisotopic (exact) mass is 224 g/mol. The van der Waals surface area contributed by atoms with Crippen molar-refractivity contribution in [2.24, 2.45) is 0 Å². The fraction of sp³-hybridized carbons (Fsp3) is 0.500. The summed E-state index contributed by atoms with van der Waals surface area (Å²) in [5.41, 5.74) is 4.10. The maximum Gasteiger partial charge on any atom is 0.0487 e. The Morgan fingerprint density at radius 3 is 1.86 bits per heavy atom. The molecule has 14 heavy (non-hydrogen) atoms. The van der Waals surface area contributed by atoms with Crippen LogP contribution in [0.25, 0.3) is 0 Å². The Morgan fingerprint density at radius 1 is 1.07 bits per heavy atom. The van der Waals surface area contributed by atoms with Crippen LogP contribution in [0.3, 0.4) is 0 Å². The number of benzene rings is 1. The smallest absolute Gasteiger partial charge is 0.0487 e. The molecule has 0 aromatic heterocycles. The van der Waals surface area contributed by atoms with E-state index in [1.165, 1.54) is 22.7 Å². The molecule has 0 saturated carbocycles. The van der Waals surface area contributed by atoms with Crippen molar-refractivity contribution in [2.75, 3.05) is 0 Å². The van der Waals surface area contributed by atoms with Crippen LogP contribution in [0.2, 0.25) is 19.6 Å². The zero-order chi connectivity index (χ0) is 10.9. The summed E-state index contributed by atoms with van der Waals surface area (Å²) in [7, 11) is -0.986. The lowest BCUT2D eigenvalue weighted by molar-refractivity contribution is 1.17. The van der Waals surface area contributed by atoms with E-state index in [1.807, 2.05) is 0 Å². The number of hydrogen-bond acceptors (Lipinski definition) is 1. The average molecular weight is 224 g/mol. The number of rotatable bonds is 2. The molecule has 1 aromatic rings. The van der Waals surface area contributed by atoms with E-state index in [4.69, 9.17) is 0 Å². The van der Waals surface area contributed by atoms with Gasteiger partial charge in [-0.25, -0.2) is 0 Å². The van der Waals surface area contributed by atoms with Gasteiger partial charge in [-0.05, 0) is 31.0 Å². The highest BCUT2D eigenvalue weighted by Crippen LogP contribution is 2.22. The lowest BCUT2D eigenvalue weighted by Gasteiger charge is -2.17. The maximum absolute atomic E-state index is 4.48. The first-order valence-electron chi connectivity index (χ1n) is 5.09. The summed E-state index contributed by atoms with van der Waals surface area (Å²) in [6, 6.07) is 5.84. The van der Waals surface area contributed by atoms with Crippen molar-refractivity contribution in [1.82, 2.24) is 0 Å². The molecule has 0 heterocycles. The summed E-state index contributed by atoms with van der Waals surface area (Å²) >= 11 is 4.48. The quantitative estimate of drug-likeness (QED) is 0.569. The van der Waals surface area contributed by atoms with Crippen LogP contribution in [0.5, 0.6) is 0 Å². The predicted octanol–water partition coefficient (Wildman–Crippen LogP) is 4.01. The fourth-order valence-corrected chi connectivity index (χ4v) is 3.32. The number of aryl methyl sites for hydroxylation is 2. The molecular formula is C12H20SSi. The summed E-state index contributed by atoms with van der Waals surface area (Å²) in [6.45, 7) is 11.5. The van der Waals surface area contributed by atoms with Crippen LogP contribution in [-0.4, -0.2) is 8.07 Å². The number of thiol groups is 1. The van der Waals surface area contributed by atoms with Gasteiger partial charge in [0.2, 0.25) is 0 Å². The van der Waals surface area contributed by atoms with Crippen LogP contribution in [0.15, 0.2) is 17.0 Å². The molecule has 78 valence electrons. The third kappa shape index (κ3) is 3.17. The van der Waals surface area contributed by atoms with Crippen LogP contribution >= 0.6 is 12.6 Å². The first-order valence-corrected chi connectivity index (χ1v) is 9.24. The van der Waals surface area contributed by atoms with Crippen LogP contribution in [-0.2, 0) is 6.04 Å². The van der Waals surface area contributed by atoms with E-state index in [2.05, 4.69) is 58.3 Å². The Bertz CT molecular complexity index is 314. The van der Waals surface area contributed by atoms with Gasteiger partial charge in [-0.1, -0.05) is 37.3 Å². The van der Waals surface area contributed by atoms with Crippen LogP contribution in [0, 0.1) is 13.8 Å². The Balaban J connectivity index is 3.02.